The van der Waals surface area contributed by atoms with Crippen molar-refractivity contribution in [3.05, 3.63) is 11.7 Å². The average molecular weight is 114 g/mol. The highest BCUT2D eigenvalue weighted by Gasteiger charge is 1.82. The Morgan fingerprint density at radius 1 is 1.86 bits per heavy atom. The Kier molecular flexibility index (Phi) is 1.26. The summed E-state index contributed by atoms with van der Waals surface area (Å²) in [5.41, 5.74) is 1.80. The van der Waals surface area contributed by atoms with Gasteiger partial charge in [-0.1, -0.05) is 0 Å². The standard InChI is InChI=1S/C4H6N2S/c1-5-4-2-6-3-7-4/h2-3,5H,1H3. The van der Waals surface area contributed by atoms with Crippen molar-refractivity contribution < 1.29 is 0 Å². The van der Waals surface area contributed by atoms with Gasteiger partial charge in [-0.3, -0.25) is 4.98 Å². The van der Waals surface area contributed by atoms with Gasteiger partial charge in [-0.15, -0.1) is 11.3 Å². The zero-order valence-corrected chi connectivity index (χ0v) is 4.83. The molecule has 0 bridgehead atoms. The third-order valence-corrected chi connectivity index (χ3v) is 1.47. The Labute approximate surface area is 46.2 Å². The van der Waals surface area contributed by atoms with E-state index in [0.717, 1.165) is 5.00 Å². The molecule has 1 aromatic heterocycles. The summed E-state index contributed by atoms with van der Waals surface area (Å²) in [6.45, 7) is 0. The van der Waals surface area contributed by atoms with Crippen molar-refractivity contribution in [2.45, 2.75) is 0 Å². The van der Waals surface area contributed by atoms with Gasteiger partial charge in [0, 0.05) is 7.05 Å². The fourth-order valence-electron chi connectivity index (χ4n) is 0.339. The van der Waals surface area contributed by atoms with E-state index in [1.165, 1.54) is 0 Å². The summed E-state index contributed by atoms with van der Waals surface area (Å²) in [5, 5.41) is 4.07. The van der Waals surface area contributed by atoms with E-state index in [-0.39, 0.29) is 0 Å². The van der Waals surface area contributed by atoms with Crippen LogP contribution in [0.1, 0.15) is 0 Å². The molecule has 0 atom stereocenters. The zero-order chi connectivity index (χ0) is 5.11. The second kappa shape index (κ2) is 1.93. The summed E-state index contributed by atoms with van der Waals surface area (Å²) in [6, 6.07) is 0. The van der Waals surface area contributed by atoms with E-state index in [4.69, 9.17) is 0 Å². The van der Waals surface area contributed by atoms with Crippen molar-refractivity contribution >= 4 is 16.3 Å². The maximum atomic E-state index is 3.85. The molecule has 1 N–H and O–H groups in total. The van der Waals surface area contributed by atoms with E-state index in [1.54, 1.807) is 23.0 Å². The number of hydrogen-bond donors (Lipinski definition) is 1. The minimum Gasteiger partial charge on any atom is -0.379 e. The van der Waals surface area contributed by atoms with Crippen LogP contribution in [0.2, 0.25) is 0 Å². The number of rotatable bonds is 1. The largest absolute Gasteiger partial charge is 0.379 e. The first-order valence-electron chi connectivity index (χ1n) is 1.99. The van der Waals surface area contributed by atoms with E-state index < -0.39 is 0 Å². The predicted molar refractivity (Wildman–Crippen MR) is 31.7 cm³/mol. The molecule has 0 saturated carbocycles. The number of thiazole rings is 1. The van der Waals surface area contributed by atoms with E-state index in [2.05, 4.69) is 10.3 Å². The molecular formula is C4H6N2S. The number of nitrogens with one attached hydrogen (secondary N) is 1. The lowest BCUT2D eigenvalue weighted by Gasteiger charge is -1.84. The van der Waals surface area contributed by atoms with Crippen molar-refractivity contribution in [3.63, 3.8) is 0 Å². The van der Waals surface area contributed by atoms with Crippen LogP contribution in [-0.2, 0) is 0 Å². The molecule has 0 aliphatic heterocycles. The first-order valence-corrected chi connectivity index (χ1v) is 2.87. The highest BCUT2D eigenvalue weighted by molar-refractivity contribution is 7.13. The summed E-state index contributed by atoms with van der Waals surface area (Å²) in [4.78, 5) is 3.85. The molecular weight excluding hydrogens is 108 g/mol. The molecule has 1 heterocycles. The van der Waals surface area contributed by atoms with Crippen molar-refractivity contribution in [1.29, 1.82) is 0 Å². The monoisotopic (exact) mass is 114 g/mol. The number of anilines is 1. The van der Waals surface area contributed by atoms with Gasteiger partial charge in [0.2, 0.25) is 0 Å². The van der Waals surface area contributed by atoms with Crippen LogP contribution in [0.4, 0.5) is 5.00 Å². The zero-order valence-electron chi connectivity index (χ0n) is 4.01. The third-order valence-electron chi connectivity index (χ3n) is 0.679. The van der Waals surface area contributed by atoms with Crippen molar-refractivity contribution in [2.75, 3.05) is 12.4 Å². The first kappa shape index (κ1) is 4.59. The Morgan fingerprint density at radius 2 is 2.71 bits per heavy atom. The minimum absolute atomic E-state index is 1.11. The second-order valence-corrected chi connectivity index (χ2v) is 2.00. The molecule has 0 saturated heterocycles. The Bertz CT molecular complexity index is 124. The number of aromatic nitrogens is 1. The molecule has 38 valence electrons. The molecule has 0 radical (unpaired) electrons. The molecule has 0 amide bonds. The maximum absolute atomic E-state index is 3.85. The van der Waals surface area contributed by atoms with Gasteiger partial charge < -0.3 is 5.32 Å². The number of nitrogens with zero attached hydrogens (tertiary/aromatic N) is 1. The van der Waals surface area contributed by atoms with E-state index in [0.29, 0.717) is 0 Å². The van der Waals surface area contributed by atoms with Gasteiger partial charge >= 0.3 is 0 Å². The summed E-state index contributed by atoms with van der Waals surface area (Å²) in [6.07, 6.45) is 1.80. The molecule has 0 unspecified atom stereocenters. The quantitative estimate of drug-likeness (QED) is 0.593. The lowest BCUT2D eigenvalue weighted by Crippen LogP contribution is -1.80. The van der Waals surface area contributed by atoms with E-state index >= 15 is 0 Å². The van der Waals surface area contributed by atoms with Crippen LogP contribution < -0.4 is 5.32 Å². The topological polar surface area (TPSA) is 24.9 Å². The number of hydrogen-bond acceptors (Lipinski definition) is 3. The molecule has 1 rings (SSSR count). The van der Waals surface area contributed by atoms with Crippen LogP contribution >= 0.6 is 11.3 Å². The van der Waals surface area contributed by atoms with Crippen LogP contribution in [0.5, 0.6) is 0 Å². The molecule has 3 heteroatoms. The molecule has 2 nitrogen and oxygen atoms in total. The lowest BCUT2D eigenvalue weighted by molar-refractivity contribution is 1.41. The highest BCUT2D eigenvalue weighted by atomic mass is 32.1. The lowest BCUT2D eigenvalue weighted by atomic mass is 10.8. The predicted octanol–water partition coefficient (Wildman–Crippen LogP) is 1.18. The molecule has 0 aromatic carbocycles. The van der Waals surface area contributed by atoms with Crippen LogP contribution in [0.15, 0.2) is 11.7 Å². The van der Waals surface area contributed by atoms with Gasteiger partial charge in [0.1, 0.15) is 5.00 Å². The fourth-order valence-corrected chi connectivity index (χ4v) is 0.814. The van der Waals surface area contributed by atoms with Gasteiger partial charge in [0.05, 0.1) is 11.7 Å². The van der Waals surface area contributed by atoms with Gasteiger partial charge in [-0.05, 0) is 0 Å². The van der Waals surface area contributed by atoms with Gasteiger partial charge in [-0.2, -0.15) is 0 Å². The van der Waals surface area contributed by atoms with Gasteiger partial charge in [0.25, 0.3) is 0 Å². The summed E-state index contributed by atoms with van der Waals surface area (Å²) < 4.78 is 0. The molecule has 0 spiro atoms. The summed E-state index contributed by atoms with van der Waals surface area (Å²) in [5.74, 6) is 0. The minimum atomic E-state index is 1.11. The maximum Gasteiger partial charge on any atom is 0.108 e. The first-order chi connectivity index (χ1) is 3.43. The van der Waals surface area contributed by atoms with Crippen molar-refractivity contribution in [1.82, 2.24) is 4.98 Å². The molecule has 0 aliphatic rings. The van der Waals surface area contributed by atoms with Crippen LogP contribution in [0.25, 0.3) is 0 Å². The van der Waals surface area contributed by atoms with Crippen LogP contribution in [-0.4, -0.2) is 12.0 Å². The Balaban J connectivity index is 2.76. The average Bonchev–Trinajstić information content (AvgIpc) is 2.14. The molecule has 7 heavy (non-hydrogen) atoms. The van der Waals surface area contributed by atoms with Crippen LogP contribution in [0, 0.1) is 0 Å². The van der Waals surface area contributed by atoms with Crippen molar-refractivity contribution in [2.24, 2.45) is 0 Å². The van der Waals surface area contributed by atoms with Crippen molar-refractivity contribution in [3.8, 4) is 0 Å². The smallest absolute Gasteiger partial charge is 0.108 e. The Morgan fingerprint density at radius 3 is 3.00 bits per heavy atom. The third kappa shape index (κ3) is 0.899. The van der Waals surface area contributed by atoms with E-state index in [1.807, 2.05) is 7.05 Å². The SMILES string of the molecule is CNc1cncs1. The molecule has 0 fully saturated rings. The fraction of sp³-hybridized carbons (Fsp3) is 0.250. The van der Waals surface area contributed by atoms with Gasteiger partial charge in [0.15, 0.2) is 0 Å². The molecule has 0 aliphatic carbocycles. The normalized spacial score (nSPS) is 8.71. The summed E-state index contributed by atoms with van der Waals surface area (Å²) in [7, 11) is 1.88. The Hall–Kier alpha value is -0.570. The second-order valence-electron chi connectivity index (χ2n) is 1.12. The highest BCUT2D eigenvalue weighted by Crippen LogP contribution is 2.09. The van der Waals surface area contributed by atoms with Crippen LogP contribution in [0.3, 0.4) is 0 Å². The van der Waals surface area contributed by atoms with Gasteiger partial charge in [-0.25, -0.2) is 0 Å². The van der Waals surface area contributed by atoms with E-state index in [9.17, 15) is 0 Å². The summed E-state index contributed by atoms with van der Waals surface area (Å²) >= 11 is 1.60. The molecule has 1 aromatic rings.